The fourth-order valence-corrected chi connectivity index (χ4v) is 6.61. The van der Waals surface area contributed by atoms with Gasteiger partial charge >= 0.3 is 0 Å². The lowest BCUT2D eigenvalue weighted by molar-refractivity contribution is 0.470. The Morgan fingerprint density at radius 2 is 1.88 bits per heavy atom. The molecule has 2 N–H and O–H groups in total. The van der Waals surface area contributed by atoms with Crippen LogP contribution in [-0.4, -0.2) is 15.1 Å². The number of para-hydroxylation sites is 1. The number of aromatic amines is 1. The zero-order chi connectivity index (χ0) is 23.0. The first kappa shape index (κ1) is 23.4. The zero-order valence-corrected chi connectivity index (χ0v) is 23.0. The van der Waals surface area contributed by atoms with Crippen LogP contribution >= 0.6 is 56.5 Å². The third-order valence-corrected chi connectivity index (χ3v) is 7.53. The van der Waals surface area contributed by atoms with Crippen molar-refractivity contribution in [1.82, 2.24) is 9.97 Å². The molecule has 4 nitrogen and oxygen atoms in total. The number of hydrogen-bond acceptors (Lipinski definition) is 4. The van der Waals surface area contributed by atoms with Crippen LogP contribution < -0.4 is 5.56 Å². The van der Waals surface area contributed by atoms with Gasteiger partial charge in [0.1, 0.15) is 10.8 Å². The first-order valence-electron chi connectivity index (χ1n) is 10.1. The first-order valence-corrected chi connectivity index (χ1v) is 13.1. The molecule has 4 rings (SSSR count). The molecule has 0 amide bonds. The third-order valence-electron chi connectivity index (χ3n) is 5.07. The second kappa shape index (κ2) is 9.26. The Morgan fingerprint density at radius 3 is 2.62 bits per heavy atom. The van der Waals surface area contributed by atoms with E-state index in [-0.39, 0.29) is 16.7 Å². The molecule has 7 heteroatoms. The van der Waals surface area contributed by atoms with Crippen LogP contribution in [0, 0.1) is 7.14 Å². The SMILES string of the molecule is CC(C)(C)c1nc(/C=C\c2cc(I)cc(I)c2O)sc1Cc1cc2ccccc2[nH]c1=O. The molecule has 0 saturated carbocycles. The van der Waals surface area contributed by atoms with E-state index in [2.05, 4.69) is 70.9 Å². The lowest BCUT2D eigenvalue weighted by Gasteiger charge is -2.17. The van der Waals surface area contributed by atoms with Crippen molar-refractivity contribution in [3.05, 3.63) is 86.7 Å². The number of phenolic OH excluding ortho intramolecular Hbond substituents is 1. The molecule has 164 valence electrons. The van der Waals surface area contributed by atoms with Crippen LogP contribution in [-0.2, 0) is 11.8 Å². The number of phenols is 1. The number of nitrogens with one attached hydrogen (secondary N) is 1. The fourth-order valence-electron chi connectivity index (χ4n) is 3.52. The normalized spacial score (nSPS) is 12.2. The summed E-state index contributed by atoms with van der Waals surface area (Å²) in [6.07, 6.45) is 4.37. The van der Waals surface area contributed by atoms with Gasteiger partial charge in [-0.05, 0) is 87.0 Å². The number of pyridine rings is 1. The van der Waals surface area contributed by atoms with E-state index in [1.165, 1.54) is 0 Å². The van der Waals surface area contributed by atoms with Gasteiger partial charge in [0.25, 0.3) is 5.56 Å². The summed E-state index contributed by atoms with van der Waals surface area (Å²) in [5, 5.41) is 12.3. The molecule has 0 radical (unpaired) electrons. The maximum atomic E-state index is 12.7. The summed E-state index contributed by atoms with van der Waals surface area (Å²) in [7, 11) is 0. The van der Waals surface area contributed by atoms with E-state index in [0.717, 1.165) is 44.7 Å². The molecule has 0 aliphatic heterocycles. The average molecular weight is 668 g/mol. The number of nitrogens with zero attached hydrogens (tertiary/aromatic N) is 1. The number of hydrogen-bond donors (Lipinski definition) is 2. The molecule has 32 heavy (non-hydrogen) atoms. The number of fused-ring (bicyclic) bond motifs is 1. The quantitative estimate of drug-likeness (QED) is 0.231. The Morgan fingerprint density at radius 1 is 1.12 bits per heavy atom. The standard InChI is InChI=1S/C25H22I2N2O2S/c1-25(2,3)23-20(12-16-10-14-6-4-5-7-19(14)28-24(16)31)32-21(29-23)9-8-15-11-17(26)13-18(27)22(15)30/h4-11,13,30H,12H2,1-3H3,(H,28,31)/b9-8-. The number of rotatable bonds is 4. The van der Waals surface area contributed by atoms with E-state index in [1.54, 1.807) is 11.3 Å². The molecule has 0 saturated heterocycles. The molecule has 2 aromatic carbocycles. The molecular formula is C25H22I2N2O2S. The van der Waals surface area contributed by atoms with Crippen molar-refractivity contribution in [3.8, 4) is 5.75 Å². The van der Waals surface area contributed by atoms with Crippen molar-refractivity contribution in [2.24, 2.45) is 0 Å². The Balaban J connectivity index is 1.72. The number of H-pyrrole nitrogens is 1. The van der Waals surface area contributed by atoms with Gasteiger partial charge in [0.15, 0.2) is 0 Å². The highest BCUT2D eigenvalue weighted by Gasteiger charge is 2.23. The molecule has 0 atom stereocenters. The van der Waals surface area contributed by atoms with Crippen molar-refractivity contribution in [2.75, 3.05) is 0 Å². The van der Waals surface area contributed by atoms with Gasteiger partial charge in [-0.1, -0.05) is 39.0 Å². The molecule has 2 aromatic heterocycles. The summed E-state index contributed by atoms with van der Waals surface area (Å²) in [6, 6.07) is 13.7. The average Bonchev–Trinajstić information content (AvgIpc) is 3.13. The van der Waals surface area contributed by atoms with Crippen molar-refractivity contribution < 1.29 is 5.11 Å². The van der Waals surface area contributed by atoms with Gasteiger partial charge in [0, 0.05) is 36.9 Å². The molecule has 0 aliphatic carbocycles. The summed E-state index contributed by atoms with van der Waals surface area (Å²) in [4.78, 5) is 21.7. The molecule has 0 fully saturated rings. The van der Waals surface area contributed by atoms with E-state index >= 15 is 0 Å². The Hall–Kier alpha value is -1.72. The Labute approximate surface area is 218 Å². The second-order valence-electron chi connectivity index (χ2n) is 8.62. The minimum Gasteiger partial charge on any atom is -0.506 e. The predicted octanol–water partition coefficient (Wildman–Crippen LogP) is 6.96. The van der Waals surface area contributed by atoms with Crippen LogP contribution in [0.1, 0.15) is 47.5 Å². The maximum absolute atomic E-state index is 12.7. The van der Waals surface area contributed by atoms with Gasteiger partial charge in [-0.3, -0.25) is 4.79 Å². The van der Waals surface area contributed by atoms with Crippen molar-refractivity contribution >= 4 is 79.6 Å². The van der Waals surface area contributed by atoms with E-state index in [4.69, 9.17) is 4.98 Å². The summed E-state index contributed by atoms with van der Waals surface area (Å²) < 4.78 is 1.88. The lowest BCUT2D eigenvalue weighted by atomic mass is 9.90. The first-order chi connectivity index (χ1) is 15.1. The van der Waals surface area contributed by atoms with Crippen LogP contribution in [0.3, 0.4) is 0 Å². The highest BCUT2D eigenvalue weighted by atomic mass is 127. The predicted molar refractivity (Wildman–Crippen MR) is 151 cm³/mol. The molecule has 0 aliphatic rings. The van der Waals surface area contributed by atoms with E-state index in [0.29, 0.717) is 6.42 Å². The molecular weight excluding hydrogens is 646 g/mol. The van der Waals surface area contributed by atoms with Gasteiger partial charge in [0.2, 0.25) is 0 Å². The van der Waals surface area contributed by atoms with Crippen LogP contribution in [0.5, 0.6) is 5.75 Å². The second-order valence-corrected chi connectivity index (χ2v) is 12.1. The largest absolute Gasteiger partial charge is 0.506 e. The maximum Gasteiger partial charge on any atom is 0.251 e. The number of aromatic hydroxyl groups is 1. The molecule has 2 heterocycles. The van der Waals surface area contributed by atoms with E-state index in [9.17, 15) is 9.90 Å². The van der Waals surface area contributed by atoms with Gasteiger partial charge < -0.3 is 10.1 Å². The van der Waals surface area contributed by atoms with E-state index < -0.39 is 0 Å². The minimum absolute atomic E-state index is 0.0626. The summed E-state index contributed by atoms with van der Waals surface area (Å²) in [5.74, 6) is 0.276. The van der Waals surface area contributed by atoms with Gasteiger partial charge in [-0.2, -0.15) is 0 Å². The highest BCUT2D eigenvalue weighted by Crippen LogP contribution is 2.33. The summed E-state index contributed by atoms with van der Waals surface area (Å²) >= 11 is 5.98. The zero-order valence-electron chi connectivity index (χ0n) is 17.9. The molecule has 4 aromatic rings. The highest BCUT2D eigenvalue weighted by molar-refractivity contribution is 14.1. The molecule has 0 unspecified atom stereocenters. The van der Waals surface area contributed by atoms with Crippen molar-refractivity contribution in [1.29, 1.82) is 0 Å². The Bertz CT molecular complexity index is 1400. The third kappa shape index (κ3) is 5.09. The summed E-state index contributed by atoms with van der Waals surface area (Å²) in [5.41, 5.74) is 3.13. The topological polar surface area (TPSA) is 66.0 Å². The Kier molecular flexibility index (Phi) is 6.78. The van der Waals surface area contributed by atoms with Gasteiger partial charge in [0.05, 0.1) is 9.26 Å². The van der Waals surface area contributed by atoms with Crippen LogP contribution in [0.4, 0.5) is 0 Å². The van der Waals surface area contributed by atoms with Crippen LogP contribution in [0.15, 0.2) is 47.3 Å². The summed E-state index contributed by atoms with van der Waals surface area (Å²) in [6.45, 7) is 6.41. The van der Waals surface area contributed by atoms with Crippen LogP contribution in [0.2, 0.25) is 0 Å². The minimum atomic E-state index is -0.152. The molecule has 0 spiro atoms. The smallest absolute Gasteiger partial charge is 0.251 e. The molecule has 0 bridgehead atoms. The number of halogens is 2. The lowest BCUT2D eigenvalue weighted by Crippen LogP contribution is -2.17. The van der Waals surface area contributed by atoms with Crippen molar-refractivity contribution in [2.45, 2.75) is 32.6 Å². The van der Waals surface area contributed by atoms with Gasteiger partial charge in [-0.25, -0.2) is 4.98 Å². The van der Waals surface area contributed by atoms with Crippen molar-refractivity contribution in [3.63, 3.8) is 0 Å². The number of thiazole rings is 1. The monoisotopic (exact) mass is 668 g/mol. The van der Waals surface area contributed by atoms with Crippen LogP contribution in [0.25, 0.3) is 23.1 Å². The van der Waals surface area contributed by atoms with Gasteiger partial charge in [-0.15, -0.1) is 11.3 Å². The van der Waals surface area contributed by atoms with E-state index in [1.807, 2.05) is 54.6 Å². The fraction of sp³-hybridized carbons (Fsp3) is 0.200. The number of aromatic nitrogens is 2. The number of benzene rings is 2.